The van der Waals surface area contributed by atoms with Crippen LogP contribution in [0.15, 0.2) is 48.8 Å². The second-order valence-electron chi connectivity index (χ2n) is 3.02. The Labute approximate surface area is 83.8 Å². The highest BCUT2D eigenvalue weighted by atomic mass is 16.5. The van der Waals surface area contributed by atoms with Crippen LogP contribution in [0.3, 0.4) is 0 Å². The Hall–Kier alpha value is -1.70. The summed E-state index contributed by atoms with van der Waals surface area (Å²) in [5, 5.41) is 0. The third kappa shape index (κ3) is 1.79. The molecule has 72 valence electrons. The molecule has 1 aromatic carbocycles. The third-order valence-electron chi connectivity index (χ3n) is 2.05. The molecule has 0 aliphatic heterocycles. The molecule has 0 spiro atoms. The van der Waals surface area contributed by atoms with Gasteiger partial charge in [-0.2, -0.15) is 0 Å². The second kappa shape index (κ2) is 4.01. The van der Waals surface area contributed by atoms with Crippen LogP contribution in [-0.4, -0.2) is 11.2 Å². The quantitative estimate of drug-likeness (QED) is 0.720. The van der Waals surface area contributed by atoms with Gasteiger partial charge in [-0.05, 0) is 43.3 Å². The molecule has 0 unspecified atom stereocenters. The van der Waals surface area contributed by atoms with Crippen LogP contribution >= 0.6 is 0 Å². The van der Waals surface area contributed by atoms with Gasteiger partial charge < -0.3 is 9.30 Å². The van der Waals surface area contributed by atoms with Crippen LogP contribution in [0.5, 0.6) is 5.75 Å². The fourth-order valence-electron chi connectivity index (χ4n) is 1.39. The van der Waals surface area contributed by atoms with Gasteiger partial charge in [0, 0.05) is 18.1 Å². The Balaban J connectivity index is 2.22. The van der Waals surface area contributed by atoms with E-state index < -0.39 is 0 Å². The molecular formula is C12H13NO. The Kier molecular flexibility index (Phi) is 2.54. The van der Waals surface area contributed by atoms with Gasteiger partial charge in [-0.25, -0.2) is 0 Å². The number of benzene rings is 1. The number of aromatic nitrogens is 1. The maximum Gasteiger partial charge on any atom is 0.119 e. The lowest BCUT2D eigenvalue weighted by atomic mass is 10.3. The summed E-state index contributed by atoms with van der Waals surface area (Å²) in [5.74, 6) is 0.920. The third-order valence-corrected chi connectivity index (χ3v) is 2.05. The first-order valence-electron chi connectivity index (χ1n) is 4.76. The van der Waals surface area contributed by atoms with Crippen molar-refractivity contribution in [1.82, 2.24) is 4.57 Å². The lowest BCUT2D eigenvalue weighted by Crippen LogP contribution is -1.92. The predicted molar refractivity (Wildman–Crippen MR) is 56.9 cm³/mol. The minimum absolute atomic E-state index is 0.711. The minimum Gasteiger partial charge on any atom is -0.494 e. The van der Waals surface area contributed by atoms with E-state index in [9.17, 15) is 0 Å². The van der Waals surface area contributed by atoms with Crippen molar-refractivity contribution in [3.8, 4) is 11.4 Å². The number of rotatable bonds is 3. The lowest BCUT2D eigenvalue weighted by Gasteiger charge is -2.05. The van der Waals surface area contributed by atoms with E-state index in [2.05, 4.69) is 4.57 Å². The van der Waals surface area contributed by atoms with Crippen LogP contribution < -0.4 is 4.74 Å². The zero-order valence-corrected chi connectivity index (χ0v) is 8.18. The molecule has 0 aliphatic rings. The Morgan fingerprint density at radius 1 is 1.07 bits per heavy atom. The molecule has 0 aliphatic carbocycles. The summed E-state index contributed by atoms with van der Waals surface area (Å²) < 4.78 is 7.43. The summed E-state index contributed by atoms with van der Waals surface area (Å²) in [6.07, 6.45) is 4.05. The minimum atomic E-state index is 0.711. The van der Waals surface area contributed by atoms with Gasteiger partial charge in [-0.1, -0.05) is 0 Å². The van der Waals surface area contributed by atoms with Crippen LogP contribution in [0.2, 0.25) is 0 Å². The highest BCUT2D eigenvalue weighted by Gasteiger charge is 1.95. The Bertz CT molecular complexity index is 375. The smallest absolute Gasteiger partial charge is 0.119 e. The Morgan fingerprint density at radius 2 is 1.71 bits per heavy atom. The van der Waals surface area contributed by atoms with E-state index in [1.165, 1.54) is 0 Å². The van der Waals surface area contributed by atoms with Crippen molar-refractivity contribution in [1.29, 1.82) is 0 Å². The van der Waals surface area contributed by atoms with Crippen molar-refractivity contribution in [3.63, 3.8) is 0 Å². The lowest BCUT2D eigenvalue weighted by molar-refractivity contribution is 0.340. The van der Waals surface area contributed by atoms with Crippen LogP contribution in [0.4, 0.5) is 0 Å². The van der Waals surface area contributed by atoms with Crippen molar-refractivity contribution in [2.24, 2.45) is 0 Å². The largest absolute Gasteiger partial charge is 0.494 e. The molecular weight excluding hydrogens is 174 g/mol. The van der Waals surface area contributed by atoms with Gasteiger partial charge in [-0.15, -0.1) is 0 Å². The van der Waals surface area contributed by atoms with Gasteiger partial charge in [0.2, 0.25) is 0 Å². The molecule has 14 heavy (non-hydrogen) atoms. The van der Waals surface area contributed by atoms with Crippen LogP contribution in [0, 0.1) is 0 Å². The van der Waals surface area contributed by atoms with E-state index in [0.717, 1.165) is 11.4 Å². The van der Waals surface area contributed by atoms with Crippen molar-refractivity contribution in [2.75, 3.05) is 6.61 Å². The number of nitrogens with zero attached hydrogens (tertiary/aromatic N) is 1. The second-order valence-corrected chi connectivity index (χ2v) is 3.02. The van der Waals surface area contributed by atoms with Gasteiger partial charge in [0.15, 0.2) is 0 Å². The maximum absolute atomic E-state index is 5.37. The van der Waals surface area contributed by atoms with Crippen molar-refractivity contribution in [2.45, 2.75) is 6.92 Å². The van der Waals surface area contributed by atoms with Crippen molar-refractivity contribution < 1.29 is 4.74 Å². The van der Waals surface area contributed by atoms with Crippen LogP contribution in [0.25, 0.3) is 5.69 Å². The highest BCUT2D eigenvalue weighted by Crippen LogP contribution is 2.15. The molecule has 0 N–H and O–H groups in total. The number of hydrogen-bond donors (Lipinski definition) is 0. The predicted octanol–water partition coefficient (Wildman–Crippen LogP) is 2.88. The van der Waals surface area contributed by atoms with Crippen LogP contribution in [0.1, 0.15) is 6.92 Å². The van der Waals surface area contributed by atoms with Crippen molar-refractivity contribution in [3.05, 3.63) is 48.8 Å². The topological polar surface area (TPSA) is 14.2 Å². The van der Waals surface area contributed by atoms with Gasteiger partial charge in [0.1, 0.15) is 5.75 Å². The standard InChI is InChI=1S/C12H13NO/c1-2-14-12-7-5-11(6-8-12)13-9-3-4-10-13/h3-10H,2H2,1H3. The van der Waals surface area contributed by atoms with Crippen LogP contribution in [-0.2, 0) is 0 Å². The summed E-state index contributed by atoms with van der Waals surface area (Å²) in [4.78, 5) is 0. The summed E-state index contributed by atoms with van der Waals surface area (Å²) >= 11 is 0. The van der Waals surface area contributed by atoms with E-state index in [-0.39, 0.29) is 0 Å². The molecule has 2 nitrogen and oxygen atoms in total. The highest BCUT2D eigenvalue weighted by molar-refractivity contribution is 5.37. The average Bonchev–Trinajstić information content (AvgIpc) is 2.72. The Morgan fingerprint density at radius 3 is 2.29 bits per heavy atom. The van der Waals surface area contributed by atoms with E-state index in [4.69, 9.17) is 4.74 Å². The number of ether oxygens (including phenoxy) is 1. The van der Waals surface area contributed by atoms with E-state index >= 15 is 0 Å². The molecule has 0 bridgehead atoms. The van der Waals surface area contributed by atoms with Gasteiger partial charge in [-0.3, -0.25) is 0 Å². The molecule has 0 atom stereocenters. The molecule has 2 rings (SSSR count). The molecule has 0 radical (unpaired) electrons. The summed E-state index contributed by atoms with van der Waals surface area (Å²) in [6, 6.07) is 12.1. The van der Waals surface area contributed by atoms with E-state index in [1.54, 1.807) is 0 Å². The zero-order valence-electron chi connectivity index (χ0n) is 8.18. The SMILES string of the molecule is CCOc1ccc(-n2cccc2)cc1. The van der Waals surface area contributed by atoms with E-state index in [0.29, 0.717) is 6.61 Å². The van der Waals surface area contributed by atoms with Gasteiger partial charge in [0.05, 0.1) is 6.61 Å². The first-order chi connectivity index (χ1) is 6.90. The molecule has 2 heteroatoms. The van der Waals surface area contributed by atoms with Crippen molar-refractivity contribution >= 4 is 0 Å². The van der Waals surface area contributed by atoms with Gasteiger partial charge in [0.25, 0.3) is 0 Å². The molecule has 1 heterocycles. The fraction of sp³-hybridized carbons (Fsp3) is 0.167. The maximum atomic E-state index is 5.37. The van der Waals surface area contributed by atoms with Gasteiger partial charge >= 0.3 is 0 Å². The molecule has 0 saturated heterocycles. The molecule has 0 amide bonds. The molecule has 0 fully saturated rings. The normalized spacial score (nSPS) is 10.1. The fourth-order valence-corrected chi connectivity index (χ4v) is 1.39. The average molecular weight is 187 g/mol. The molecule has 2 aromatic rings. The summed E-state index contributed by atoms with van der Waals surface area (Å²) in [6.45, 7) is 2.70. The molecule has 0 saturated carbocycles. The zero-order chi connectivity index (χ0) is 9.80. The van der Waals surface area contributed by atoms with E-state index in [1.807, 2.05) is 55.7 Å². The summed E-state index contributed by atoms with van der Waals surface area (Å²) in [5.41, 5.74) is 1.15. The molecule has 1 aromatic heterocycles. The first kappa shape index (κ1) is 8.88. The number of hydrogen-bond acceptors (Lipinski definition) is 1. The summed E-state index contributed by atoms with van der Waals surface area (Å²) in [7, 11) is 0. The first-order valence-corrected chi connectivity index (χ1v) is 4.76. The monoisotopic (exact) mass is 187 g/mol.